The van der Waals surface area contributed by atoms with Crippen molar-refractivity contribution in [3.05, 3.63) is 35.9 Å². The molecule has 146 valence electrons. The lowest BCUT2D eigenvalue weighted by Crippen LogP contribution is -2.40. The fourth-order valence-corrected chi connectivity index (χ4v) is 3.94. The summed E-state index contributed by atoms with van der Waals surface area (Å²) >= 11 is 0. The number of hydrogen-bond donors (Lipinski definition) is 2. The van der Waals surface area contributed by atoms with Crippen molar-refractivity contribution in [1.29, 1.82) is 0 Å². The van der Waals surface area contributed by atoms with Gasteiger partial charge in [0.15, 0.2) is 0 Å². The summed E-state index contributed by atoms with van der Waals surface area (Å²) in [6.45, 7) is 5.15. The van der Waals surface area contributed by atoms with E-state index in [0.29, 0.717) is 19.6 Å². The predicted molar refractivity (Wildman–Crippen MR) is 101 cm³/mol. The maximum atomic E-state index is 12.4. The van der Waals surface area contributed by atoms with Crippen LogP contribution in [0.5, 0.6) is 0 Å². The SMILES string of the molecule is CC(C)OCCS(=O)(=O)NCC(=O)N1C[C@@H](CN)[C@H](c2ccccc2)C1. The van der Waals surface area contributed by atoms with Gasteiger partial charge in [-0.2, -0.15) is 0 Å². The van der Waals surface area contributed by atoms with Gasteiger partial charge in [0.05, 0.1) is 25.0 Å². The van der Waals surface area contributed by atoms with Gasteiger partial charge in [-0.15, -0.1) is 0 Å². The van der Waals surface area contributed by atoms with E-state index >= 15 is 0 Å². The number of hydrogen-bond acceptors (Lipinski definition) is 5. The molecule has 2 atom stereocenters. The van der Waals surface area contributed by atoms with E-state index in [0.717, 1.165) is 5.56 Å². The van der Waals surface area contributed by atoms with Crippen LogP contribution >= 0.6 is 0 Å². The third kappa shape index (κ3) is 6.05. The summed E-state index contributed by atoms with van der Waals surface area (Å²) in [5.74, 6) is -0.0230. The zero-order chi connectivity index (χ0) is 19.2. The van der Waals surface area contributed by atoms with Crippen LogP contribution in [0.15, 0.2) is 30.3 Å². The molecule has 0 aromatic heterocycles. The number of nitrogens with two attached hydrogens (primary N) is 1. The number of nitrogens with one attached hydrogen (secondary N) is 1. The molecule has 26 heavy (non-hydrogen) atoms. The van der Waals surface area contributed by atoms with Crippen LogP contribution in [-0.2, 0) is 19.6 Å². The third-order valence-corrected chi connectivity index (χ3v) is 5.86. The molecule has 1 heterocycles. The first-order chi connectivity index (χ1) is 12.3. The van der Waals surface area contributed by atoms with Crippen LogP contribution in [0.25, 0.3) is 0 Å². The Morgan fingerprint density at radius 2 is 2.00 bits per heavy atom. The largest absolute Gasteiger partial charge is 0.378 e. The van der Waals surface area contributed by atoms with E-state index in [1.165, 1.54) is 0 Å². The molecule has 7 nitrogen and oxygen atoms in total. The van der Waals surface area contributed by atoms with Crippen molar-refractivity contribution in [1.82, 2.24) is 9.62 Å². The summed E-state index contributed by atoms with van der Waals surface area (Å²) in [6.07, 6.45) is -0.0282. The second-order valence-electron chi connectivity index (χ2n) is 6.87. The van der Waals surface area contributed by atoms with Gasteiger partial charge in [-0.25, -0.2) is 13.1 Å². The highest BCUT2D eigenvalue weighted by atomic mass is 32.2. The molecule has 1 aromatic carbocycles. The maximum Gasteiger partial charge on any atom is 0.237 e. The Labute approximate surface area is 155 Å². The average molecular weight is 384 g/mol. The summed E-state index contributed by atoms with van der Waals surface area (Å²) in [4.78, 5) is 14.1. The van der Waals surface area contributed by atoms with Crippen LogP contribution in [0.1, 0.15) is 25.3 Å². The Kier molecular flexibility index (Phi) is 7.57. The quantitative estimate of drug-likeness (QED) is 0.648. The lowest BCUT2D eigenvalue weighted by Gasteiger charge is -2.17. The standard InChI is InChI=1S/C18H29N3O4S/c1-14(2)25-8-9-26(23,24)20-11-18(22)21-12-16(10-19)17(13-21)15-6-4-3-5-7-15/h3-7,14,16-17,20H,8-13,19H2,1-2H3/t16-,17+/m1/s1. The van der Waals surface area contributed by atoms with E-state index in [1.807, 2.05) is 44.2 Å². The lowest BCUT2D eigenvalue weighted by molar-refractivity contribution is -0.129. The van der Waals surface area contributed by atoms with Gasteiger partial charge in [0.2, 0.25) is 15.9 Å². The zero-order valence-electron chi connectivity index (χ0n) is 15.4. The monoisotopic (exact) mass is 383 g/mol. The number of nitrogens with zero attached hydrogens (tertiary/aromatic N) is 1. The second kappa shape index (κ2) is 9.45. The number of benzene rings is 1. The van der Waals surface area contributed by atoms with Gasteiger partial charge in [-0.3, -0.25) is 4.79 Å². The fraction of sp³-hybridized carbons (Fsp3) is 0.611. The molecule has 0 aliphatic carbocycles. The first-order valence-electron chi connectivity index (χ1n) is 8.94. The molecule has 1 amide bonds. The summed E-state index contributed by atoms with van der Waals surface area (Å²) in [5, 5.41) is 0. The molecule has 1 aliphatic rings. The molecule has 0 bridgehead atoms. The van der Waals surface area contributed by atoms with Gasteiger partial charge in [0, 0.05) is 19.0 Å². The van der Waals surface area contributed by atoms with Gasteiger partial charge in [-0.05, 0) is 31.9 Å². The van der Waals surface area contributed by atoms with Crippen LogP contribution in [-0.4, -0.2) is 63.9 Å². The van der Waals surface area contributed by atoms with Crippen molar-refractivity contribution < 1.29 is 17.9 Å². The van der Waals surface area contributed by atoms with Gasteiger partial charge in [-0.1, -0.05) is 30.3 Å². The molecule has 3 N–H and O–H groups in total. The van der Waals surface area contributed by atoms with Crippen molar-refractivity contribution in [2.75, 3.05) is 38.5 Å². The van der Waals surface area contributed by atoms with Crippen LogP contribution in [0.4, 0.5) is 0 Å². The minimum Gasteiger partial charge on any atom is -0.378 e. The number of likely N-dealkylation sites (tertiary alicyclic amines) is 1. The minimum atomic E-state index is -3.53. The summed E-state index contributed by atoms with van der Waals surface area (Å²) in [7, 11) is -3.53. The highest BCUT2D eigenvalue weighted by Crippen LogP contribution is 2.31. The molecule has 0 unspecified atom stereocenters. The average Bonchev–Trinajstić information content (AvgIpc) is 3.04. The van der Waals surface area contributed by atoms with Gasteiger partial charge < -0.3 is 15.4 Å². The number of carbonyl (C=O) groups excluding carboxylic acids is 1. The van der Waals surface area contributed by atoms with Crippen LogP contribution in [0, 0.1) is 5.92 Å². The van der Waals surface area contributed by atoms with Crippen LogP contribution < -0.4 is 10.5 Å². The van der Waals surface area contributed by atoms with Crippen molar-refractivity contribution in [3.63, 3.8) is 0 Å². The van der Waals surface area contributed by atoms with Crippen molar-refractivity contribution in [2.24, 2.45) is 11.7 Å². The first-order valence-corrected chi connectivity index (χ1v) is 10.6. The predicted octanol–water partition coefficient (Wildman–Crippen LogP) is 0.532. The fourth-order valence-electron chi connectivity index (χ4n) is 3.14. The van der Waals surface area contributed by atoms with Crippen molar-refractivity contribution in [3.8, 4) is 0 Å². The normalized spacial score (nSPS) is 20.7. The topological polar surface area (TPSA) is 102 Å². The Morgan fingerprint density at radius 3 is 2.62 bits per heavy atom. The molecule has 8 heteroatoms. The molecular weight excluding hydrogens is 354 g/mol. The van der Waals surface area contributed by atoms with Gasteiger partial charge in [0.1, 0.15) is 0 Å². The van der Waals surface area contributed by atoms with Gasteiger partial charge >= 0.3 is 0 Å². The van der Waals surface area contributed by atoms with E-state index in [9.17, 15) is 13.2 Å². The Morgan fingerprint density at radius 1 is 1.31 bits per heavy atom. The van der Waals surface area contributed by atoms with Gasteiger partial charge in [0.25, 0.3) is 0 Å². The molecule has 0 radical (unpaired) electrons. The molecule has 1 fully saturated rings. The van der Waals surface area contributed by atoms with E-state index in [2.05, 4.69) is 4.72 Å². The minimum absolute atomic E-state index is 0.0282. The summed E-state index contributed by atoms with van der Waals surface area (Å²) in [5.41, 5.74) is 7.04. The Balaban J connectivity index is 1.88. The smallest absolute Gasteiger partial charge is 0.237 e. The number of rotatable bonds is 9. The second-order valence-corrected chi connectivity index (χ2v) is 8.80. The molecule has 1 aliphatic heterocycles. The van der Waals surface area contributed by atoms with E-state index in [4.69, 9.17) is 10.5 Å². The van der Waals surface area contributed by atoms with E-state index < -0.39 is 10.0 Å². The molecule has 0 saturated carbocycles. The Bertz CT molecular complexity index is 679. The number of amides is 1. The number of carbonyl (C=O) groups is 1. The van der Waals surface area contributed by atoms with Crippen LogP contribution in [0.3, 0.4) is 0 Å². The third-order valence-electron chi connectivity index (χ3n) is 4.57. The lowest BCUT2D eigenvalue weighted by atomic mass is 9.89. The summed E-state index contributed by atoms with van der Waals surface area (Å²) < 4.78 is 31.5. The molecule has 0 spiro atoms. The van der Waals surface area contributed by atoms with Crippen LogP contribution in [0.2, 0.25) is 0 Å². The molecule has 2 rings (SSSR count). The molecule has 1 aromatic rings. The van der Waals surface area contributed by atoms with E-state index in [1.54, 1.807) is 4.90 Å². The zero-order valence-corrected chi connectivity index (χ0v) is 16.2. The van der Waals surface area contributed by atoms with E-state index in [-0.39, 0.29) is 42.8 Å². The first kappa shape index (κ1) is 20.8. The Hall–Kier alpha value is -1.48. The number of sulfonamides is 1. The van der Waals surface area contributed by atoms with Crippen molar-refractivity contribution in [2.45, 2.75) is 25.9 Å². The maximum absolute atomic E-state index is 12.4. The highest BCUT2D eigenvalue weighted by molar-refractivity contribution is 7.89. The summed E-state index contributed by atoms with van der Waals surface area (Å²) in [6, 6.07) is 9.98. The highest BCUT2D eigenvalue weighted by Gasteiger charge is 2.35. The molecular formula is C18H29N3O4S. The molecule has 1 saturated heterocycles. The van der Waals surface area contributed by atoms with Crippen molar-refractivity contribution >= 4 is 15.9 Å². The number of ether oxygens (including phenoxy) is 1.